The SMILES string of the molecule is CS(=O)(=O)c1ccc(N2CC3=C(CN(C(=O)c4ccc(Cl)c(Cl)c4)C(c4ccc(F)cc4)C3)N=C2Cl)cc1. The summed E-state index contributed by atoms with van der Waals surface area (Å²) in [5.74, 6) is -0.640. The van der Waals surface area contributed by atoms with Crippen molar-refractivity contribution >= 4 is 61.5 Å². The largest absolute Gasteiger partial charge is 0.325 e. The molecule has 1 unspecified atom stereocenters. The first-order chi connectivity index (χ1) is 18.0. The molecule has 0 aliphatic carbocycles. The quantitative estimate of drug-likeness (QED) is 0.325. The molecule has 5 rings (SSSR count). The first kappa shape index (κ1) is 26.7. The van der Waals surface area contributed by atoms with Crippen LogP contribution in [0.15, 0.2) is 87.9 Å². The second-order valence-corrected chi connectivity index (χ2v) is 12.3. The summed E-state index contributed by atoms with van der Waals surface area (Å²) in [6, 6.07) is 16.8. The smallest absolute Gasteiger partial charge is 0.254 e. The van der Waals surface area contributed by atoms with Crippen LogP contribution in [0.2, 0.25) is 10.0 Å². The average molecular weight is 593 g/mol. The number of amidine groups is 1. The molecule has 0 saturated carbocycles. The number of hydrogen-bond donors (Lipinski definition) is 0. The van der Waals surface area contributed by atoms with Gasteiger partial charge in [-0.05, 0) is 83.8 Å². The van der Waals surface area contributed by atoms with Crippen molar-refractivity contribution in [1.29, 1.82) is 0 Å². The Bertz CT molecular complexity index is 1590. The Morgan fingerprint density at radius 2 is 1.63 bits per heavy atom. The number of aliphatic imine (C=N–C) groups is 1. The van der Waals surface area contributed by atoms with Crippen LogP contribution in [0.25, 0.3) is 0 Å². The summed E-state index contributed by atoms with van der Waals surface area (Å²) in [5, 5.41) is 0.817. The lowest BCUT2D eigenvalue weighted by molar-refractivity contribution is 0.0678. The third-order valence-corrected chi connectivity index (χ3v) is 8.76. The maximum atomic E-state index is 13.7. The molecule has 0 aromatic heterocycles. The first-order valence-corrected chi connectivity index (χ1v) is 14.6. The van der Waals surface area contributed by atoms with Crippen LogP contribution < -0.4 is 4.90 Å². The van der Waals surface area contributed by atoms with Crippen LogP contribution in [0.4, 0.5) is 10.1 Å². The number of amides is 1. The van der Waals surface area contributed by atoms with Crippen LogP contribution in [-0.2, 0) is 9.84 Å². The number of rotatable bonds is 4. The number of halogens is 4. The van der Waals surface area contributed by atoms with Crippen molar-refractivity contribution in [3.05, 3.63) is 105 Å². The lowest BCUT2D eigenvalue weighted by Crippen LogP contribution is -2.43. The monoisotopic (exact) mass is 591 g/mol. The van der Waals surface area contributed by atoms with E-state index in [0.29, 0.717) is 34.9 Å². The van der Waals surface area contributed by atoms with Crippen molar-refractivity contribution in [2.45, 2.75) is 17.4 Å². The summed E-state index contributed by atoms with van der Waals surface area (Å²) < 4.78 is 37.4. The summed E-state index contributed by atoms with van der Waals surface area (Å²) in [7, 11) is -3.34. The molecular formula is C27H21Cl3FN3O3S. The van der Waals surface area contributed by atoms with Crippen LogP contribution in [-0.4, -0.2) is 43.9 Å². The zero-order chi connectivity index (χ0) is 27.2. The van der Waals surface area contributed by atoms with Crippen molar-refractivity contribution in [3.63, 3.8) is 0 Å². The summed E-state index contributed by atoms with van der Waals surface area (Å²) in [5.41, 5.74) is 3.47. The zero-order valence-electron chi connectivity index (χ0n) is 20.0. The van der Waals surface area contributed by atoms with E-state index in [1.54, 1.807) is 46.2 Å². The molecule has 2 heterocycles. The Morgan fingerprint density at radius 3 is 2.26 bits per heavy atom. The zero-order valence-corrected chi connectivity index (χ0v) is 23.1. The first-order valence-electron chi connectivity index (χ1n) is 11.6. The van der Waals surface area contributed by atoms with Gasteiger partial charge < -0.3 is 9.80 Å². The third kappa shape index (κ3) is 5.31. The predicted molar refractivity (Wildman–Crippen MR) is 148 cm³/mol. The standard InChI is InChI=1S/C27H21Cl3FN3O3S/c1-38(36,37)21-9-7-20(8-10-21)33-14-18-13-25(16-2-5-19(31)6-3-16)34(15-24(18)32-27(33)30)26(35)17-4-11-22(28)23(29)12-17/h2-12,25H,13-15H2,1H3. The van der Waals surface area contributed by atoms with E-state index in [1.807, 2.05) is 0 Å². The number of hydrogen-bond acceptors (Lipinski definition) is 5. The fourth-order valence-corrected chi connectivity index (χ4v) is 5.79. The minimum atomic E-state index is -3.34. The predicted octanol–water partition coefficient (Wildman–Crippen LogP) is 6.49. The maximum Gasteiger partial charge on any atom is 0.254 e. The molecule has 1 amide bonds. The molecule has 3 aromatic rings. The molecule has 0 bridgehead atoms. The van der Waals surface area contributed by atoms with Crippen LogP contribution >= 0.6 is 34.8 Å². The van der Waals surface area contributed by atoms with E-state index in [2.05, 4.69) is 4.99 Å². The van der Waals surface area contributed by atoms with E-state index in [1.165, 1.54) is 30.3 Å². The minimum Gasteiger partial charge on any atom is -0.325 e. The molecule has 196 valence electrons. The van der Waals surface area contributed by atoms with Gasteiger partial charge in [0.15, 0.2) is 9.84 Å². The number of benzene rings is 3. The van der Waals surface area contributed by atoms with Crippen LogP contribution in [0.1, 0.15) is 28.4 Å². The molecule has 38 heavy (non-hydrogen) atoms. The molecule has 11 heteroatoms. The van der Waals surface area contributed by atoms with E-state index in [9.17, 15) is 17.6 Å². The molecule has 6 nitrogen and oxygen atoms in total. The third-order valence-electron chi connectivity index (χ3n) is 6.60. The van der Waals surface area contributed by atoms with Gasteiger partial charge in [-0.2, -0.15) is 0 Å². The van der Waals surface area contributed by atoms with Crippen molar-refractivity contribution in [3.8, 4) is 0 Å². The molecule has 0 radical (unpaired) electrons. The number of sulfone groups is 1. The molecule has 0 N–H and O–H groups in total. The van der Waals surface area contributed by atoms with Crippen molar-refractivity contribution < 1.29 is 17.6 Å². The topological polar surface area (TPSA) is 70.1 Å². The fourth-order valence-electron chi connectivity index (χ4n) is 4.60. The van der Waals surface area contributed by atoms with Crippen molar-refractivity contribution in [2.75, 3.05) is 24.2 Å². The van der Waals surface area contributed by atoms with Gasteiger partial charge in [-0.3, -0.25) is 4.79 Å². The van der Waals surface area contributed by atoms with Crippen molar-refractivity contribution in [2.24, 2.45) is 4.99 Å². The van der Waals surface area contributed by atoms with Gasteiger partial charge >= 0.3 is 0 Å². The van der Waals surface area contributed by atoms with Gasteiger partial charge in [0.05, 0.1) is 33.2 Å². The highest BCUT2D eigenvalue weighted by Crippen LogP contribution is 2.39. The number of anilines is 1. The molecule has 1 atom stereocenters. The summed E-state index contributed by atoms with van der Waals surface area (Å²) >= 11 is 18.8. The molecule has 2 aliphatic heterocycles. The number of carbonyl (C=O) groups is 1. The lowest BCUT2D eigenvalue weighted by Gasteiger charge is -2.41. The van der Waals surface area contributed by atoms with E-state index in [0.717, 1.165) is 17.4 Å². The highest BCUT2D eigenvalue weighted by atomic mass is 35.5. The highest BCUT2D eigenvalue weighted by Gasteiger charge is 2.36. The average Bonchev–Trinajstić information content (AvgIpc) is 2.89. The second-order valence-electron chi connectivity index (χ2n) is 9.12. The van der Waals surface area contributed by atoms with Gasteiger partial charge in [0.2, 0.25) is 5.29 Å². The summed E-state index contributed by atoms with van der Waals surface area (Å²) in [4.78, 5) is 21.9. The number of nitrogens with zero attached hydrogens (tertiary/aromatic N) is 3. The van der Waals surface area contributed by atoms with Crippen LogP contribution in [0, 0.1) is 5.82 Å². The lowest BCUT2D eigenvalue weighted by atomic mass is 9.90. The Morgan fingerprint density at radius 1 is 0.947 bits per heavy atom. The Hall–Kier alpha value is -2.91. The van der Waals surface area contributed by atoms with Gasteiger partial charge in [0.25, 0.3) is 5.91 Å². The van der Waals surface area contributed by atoms with E-state index < -0.39 is 15.9 Å². The molecule has 0 spiro atoms. The summed E-state index contributed by atoms with van der Waals surface area (Å²) in [6.07, 6.45) is 1.59. The Balaban J connectivity index is 1.49. The van der Waals surface area contributed by atoms with Gasteiger partial charge in [0, 0.05) is 24.1 Å². The molecule has 2 aliphatic rings. The Labute approximate surface area is 234 Å². The van der Waals surface area contributed by atoms with Gasteiger partial charge in [-0.15, -0.1) is 0 Å². The van der Waals surface area contributed by atoms with Crippen LogP contribution in [0.5, 0.6) is 0 Å². The maximum absolute atomic E-state index is 13.7. The Kier molecular flexibility index (Phi) is 7.26. The van der Waals surface area contributed by atoms with Gasteiger partial charge in [-0.25, -0.2) is 17.8 Å². The number of carbonyl (C=O) groups excluding carboxylic acids is 1. The van der Waals surface area contributed by atoms with Gasteiger partial charge in [0.1, 0.15) is 5.82 Å². The molecule has 3 aromatic carbocycles. The summed E-state index contributed by atoms with van der Waals surface area (Å²) in [6.45, 7) is 0.593. The minimum absolute atomic E-state index is 0.188. The van der Waals surface area contributed by atoms with E-state index in [4.69, 9.17) is 34.8 Å². The van der Waals surface area contributed by atoms with E-state index in [-0.39, 0.29) is 33.5 Å². The van der Waals surface area contributed by atoms with Crippen molar-refractivity contribution in [1.82, 2.24) is 4.90 Å². The van der Waals surface area contributed by atoms with Crippen LogP contribution in [0.3, 0.4) is 0 Å². The molecule has 0 fully saturated rings. The highest BCUT2D eigenvalue weighted by molar-refractivity contribution is 7.90. The fraction of sp³-hybridized carbons (Fsp3) is 0.185. The molecular weight excluding hydrogens is 572 g/mol. The van der Waals surface area contributed by atoms with Gasteiger partial charge in [-0.1, -0.05) is 35.3 Å². The molecule has 0 saturated heterocycles. The van der Waals surface area contributed by atoms with E-state index >= 15 is 0 Å². The normalized spacial score (nSPS) is 17.8. The second kappa shape index (κ2) is 10.3.